The van der Waals surface area contributed by atoms with Crippen molar-refractivity contribution in [2.24, 2.45) is 28.6 Å². The maximum atomic E-state index is 12.7. The second-order valence-corrected chi connectivity index (χ2v) is 14.4. The van der Waals surface area contributed by atoms with E-state index in [0.717, 1.165) is 96.1 Å². The normalized spacial score (nSPS) is 42.0. The van der Waals surface area contributed by atoms with E-state index in [0.29, 0.717) is 24.3 Å². The van der Waals surface area contributed by atoms with Crippen molar-refractivity contribution in [1.82, 2.24) is 20.4 Å². The van der Waals surface area contributed by atoms with Crippen LogP contribution in [0.5, 0.6) is 0 Å². The number of aliphatic hydroxyl groups is 1. The van der Waals surface area contributed by atoms with Crippen LogP contribution in [0.15, 0.2) is 27.6 Å². The van der Waals surface area contributed by atoms with Gasteiger partial charge < -0.3 is 25.1 Å². The Kier molecular flexibility index (Phi) is 7.58. The molecule has 5 aliphatic rings. The van der Waals surface area contributed by atoms with Crippen LogP contribution in [-0.2, 0) is 0 Å². The summed E-state index contributed by atoms with van der Waals surface area (Å²) in [6.45, 7) is 10.7. The number of piperazine rings is 1. The Morgan fingerprint density at radius 3 is 2.58 bits per heavy atom. The van der Waals surface area contributed by atoms with Crippen molar-refractivity contribution in [2.75, 3.05) is 46.3 Å². The number of urea groups is 1. The monoisotopic (exact) mass is 554 g/mol. The Balaban J connectivity index is 1.06. The van der Waals surface area contributed by atoms with Gasteiger partial charge in [-0.3, -0.25) is 4.90 Å². The first kappa shape index (κ1) is 28.2. The Morgan fingerprint density at radius 1 is 1.02 bits per heavy atom. The van der Waals surface area contributed by atoms with E-state index < -0.39 is 5.60 Å². The van der Waals surface area contributed by atoms with E-state index in [1.165, 1.54) is 6.07 Å². The third kappa shape index (κ3) is 4.82. The van der Waals surface area contributed by atoms with Crippen molar-refractivity contribution in [3.05, 3.63) is 34.4 Å². The van der Waals surface area contributed by atoms with Gasteiger partial charge >= 0.3 is 11.7 Å². The molecule has 3 N–H and O–H groups in total. The van der Waals surface area contributed by atoms with E-state index in [-0.39, 0.29) is 34.4 Å². The van der Waals surface area contributed by atoms with Gasteiger partial charge in [0.1, 0.15) is 0 Å². The average molecular weight is 555 g/mol. The topological polar surface area (TPSA) is 98.1 Å². The zero-order valence-electron chi connectivity index (χ0n) is 24.8. The first-order valence-electron chi connectivity index (χ1n) is 15.9. The summed E-state index contributed by atoms with van der Waals surface area (Å²) in [5.41, 5.74) is 0.0881. The average Bonchev–Trinajstić information content (AvgIpc) is 3.21. The quantitative estimate of drug-likeness (QED) is 0.512. The lowest BCUT2D eigenvalue weighted by atomic mass is 9.43. The molecule has 1 aliphatic heterocycles. The molecule has 0 spiro atoms. The number of nitrogens with one attached hydrogen (secondary N) is 2. The lowest BCUT2D eigenvalue weighted by molar-refractivity contribution is -0.201. The fraction of sp³-hybridized carbons (Fsp3) is 0.812. The van der Waals surface area contributed by atoms with Crippen LogP contribution in [0.1, 0.15) is 83.1 Å². The molecule has 5 fully saturated rings. The van der Waals surface area contributed by atoms with Crippen LogP contribution in [-0.4, -0.2) is 78.9 Å². The third-order valence-electron chi connectivity index (χ3n) is 12.6. The Bertz CT molecular complexity index is 1110. The molecule has 0 radical (unpaired) electrons. The van der Waals surface area contributed by atoms with E-state index >= 15 is 0 Å². The number of likely N-dealkylation sites (N-methyl/N-ethyl adjacent to an activating group) is 1. The first-order chi connectivity index (χ1) is 19.1. The highest BCUT2D eigenvalue weighted by Gasteiger charge is 2.67. The van der Waals surface area contributed by atoms with Crippen molar-refractivity contribution < 1.29 is 14.3 Å². The molecule has 0 unspecified atom stereocenters. The van der Waals surface area contributed by atoms with E-state index in [1.54, 1.807) is 6.26 Å². The van der Waals surface area contributed by atoms with Crippen molar-refractivity contribution in [3.8, 4) is 0 Å². The fourth-order valence-corrected chi connectivity index (χ4v) is 10.1. The second kappa shape index (κ2) is 10.7. The van der Waals surface area contributed by atoms with Crippen molar-refractivity contribution >= 4 is 6.03 Å². The highest BCUT2D eigenvalue weighted by Crippen LogP contribution is 2.70. The number of hydrogen-bond donors (Lipinski definition) is 3. The zero-order chi connectivity index (χ0) is 28.1. The summed E-state index contributed by atoms with van der Waals surface area (Å²) in [5, 5.41) is 18.9. The summed E-state index contributed by atoms with van der Waals surface area (Å²) < 4.78 is 5.24. The highest BCUT2D eigenvalue weighted by molar-refractivity contribution is 5.74. The maximum absolute atomic E-state index is 12.7. The molecule has 222 valence electrons. The van der Waals surface area contributed by atoms with Crippen molar-refractivity contribution in [3.63, 3.8) is 0 Å². The SMILES string of the molecule is CN1CCN(CCNC(=O)N[C@H]2CC[C@@]3(C)[C@H](CC[C@@H]4[C@@H]3CC[C@]3(C)[C@@H](c5ccc(=O)oc5)CC[C@]43O)C2)CC1. The van der Waals surface area contributed by atoms with E-state index in [4.69, 9.17) is 4.42 Å². The van der Waals surface area contributed by atoms with Gasteiger partial charge in [-0.15, -0.1) is 0 Å². The number of carbonyl (C=O) groups excluding carboxylic acids is 1. The van der Waals surface area contributed by atoms with Crippen LogP contribution >= 0.6 is 0 Å². The summed E-state index contributed by atoms with van der Waals surface area (Å²) >= 11 is 0. The Labute approximate surface area is 239 Å². The number of hydrogen-bond acceptors (Lipinski definition) is 6. The van der Waals surface area contributed by atoms with Crippen LogP contribution in [0, 0.1) is 28.6 Å². The van der Waals surface area contributed by atoms with Crippen LogP contribution in [0.4, 0.5) is 4.79 Å². The number of amides is 2. The fourth-order valence-electron chi connectivity index (χ4n) is 10.1. The van der Waals surface area contributed by atoms with Gasteiger partial charge in [-0.1, -0.05) is 13.8 Å². The van der Waals surface area contributed by atoms with Gasteiger partial charge in [0.15, 0.2) is 0 Å². The molecule has 0 aromatic carbocycles. The largest absolute Gasteiger partial charge is 0.431 e. The lowest BCUT2D eigenvalue weighted by Crippen LogP contribution is -2.62. The van der Waals surface area contributed by atoms with Gasteiger partial charge in [0.2, 0.25) is 0 Å². The molecule has 6 rings (SSSR count). The Hall–Kier alpha value is -1.90. The number of nitrogens with zero attached hydrogens (tertiary/aromatic N) is 2. The Morgan fingerprint density at radius 2 is 1.82 bits per heavy atom. The summed E-state index contributed by atoms with van der Waals surface area (Å²) in [6, 6.07) is 3.65. The molecular formula is C32H50N4O4. The maximum Gasteiger partial charge on any atom is 0.335 e. The number of carbonyl (C=O) groups is 1. The number of fused-ring (bicyclic) bond motifs is 5. The van der Waals surface area contributed by atoms with Crippen LogP contribution in [0.25, 0.3) is 0 Å². The van der Waals surface area contributed by atoms with Gasteiger partial charge in [-0.05, 0) is 106 Å². The standard InChI is InChI=1S/C32H50N4O4/c1-30-11-8-24(34-29(38)33-14-15-36-18-16-35(3)17-19-36)20-23(30)5-6-27-26(30)9-12-31(2)25(10-13-32(27,31)39)22-4-7-28(37)40-21-22/h4,7,21,23-27,39H,5-6,8-20H2,1-3H3,(H2,33,34,38)/t23-,24+,25-,26+,27-,30+,31-,32+/m1/s1. The molecule has 40 heavy (non-hydrogen) atoms. The van der Waals surface area contributed by atoms with Gasteiger partial charge in [-0.2, -0.15) is 0 Å². The van der Waals surface area contributed by atoms with Crippen LogP contribution < -0.4 is 16.3 Å². The van der Waals surface area contributed by atoms with Crippen LogP contribution in [0.3, 0.4) is 0 Å². The van der Waals surface area contributed by atoms with Crippen molar-refractivity contribution in [2.45, 2.75) is 89.2 Å². The molecule has 8 nitrogen and oxygen atoms in total. The predicted octanol–water partition coefficient (Wildman–Crippen LogP) is 3.80. The van der Waals surface area contributed by atoms with Crippen LogP contribution in [0.2, 0.25) is 0 Å². The first-order valence-corrected chi connectivity index (χ1v) is 15.9. The van der Waals surface area contributed by atoms with Gasteiger partial charge in [0.25, 0.3) is 0 Å². The molecule has 8 heteroatoms. The van der Waals surface area contributed by atoms with E-state index in [1.807, 2.05) is 6.07 Å². The minimum atomic E-state index is -0.677. The molecule has 4 saturated carbocycles. The third-order valence-corrected chi connectivity index (χ3v) is 12.6. The van der Waals surface area contributed by atoms with Gasteiger partial charge in [0, 0.05) is 56.8 Å². The molecule has 0 bridgehead atoms. The molecule has 8 atom stereocenters. The van der Waals surface area contributed by atoms with Gasteiger partial charge in [0.05, 0.1) is 11.9 Å². The zero-order valence-corrected chi connectivity index (χ0v) is 24.8. The second-order valence-electron chi connectivity index (χ2n) is 14.4. The minimum Gasteiger partial charge on any atom is -0.431 e. The molecule has 4 aliphatic carbocycles. The smallest absolute Gasteiger partial charge is 0.335 e. The summed E-state index contributed by atoms with van der Waals surface area (Å²) in [5.74, 6) is 1.65. The molecule has 1 aromatic heterocycles. The van der Waals surface area contributed by atoms with Gasteiger partial charge in [-0.25, -0.2) is 9.59 Å². The molecular weight excluding hydrogens is 504 g/mol. The molecule has 2 amide bonds. The lowest BCUT2D eigenvalue weighted by Gasteiger charge is -2.63. The predicted molar refractivity (Wildman–Crippen MR) is 155 cm³/mol. The molecule has 2 heterocycles. The van der Waals surface area contributed by atoms with Crippen molar-refractivity contribution in [1.29, 1.82) is 0 Å². The summed E-state index contributed by atoms with van der Waals surface area (Å²) in [6.07, 6.45) is 10.9. The van der Waals surface area contributed by atoms with E-state index in [2.05, 4.69) is 41.3 Å². The van der Waals surface area contributed by atoms with E-state index in [9.17, 15) is 14.7 Å². The minimum absolute atomic E-state index is 0.0205. The molecule has 1 aromatic rings. The number of rotatable bonds is 5. The summed E-state index contributed by atoms with van der Waals surface area (Å²) in [4.78, 5) is 29.1. The highest BCUT2D eigenvalue weighted by atomic mass is 16.4. The summed E-state index contributed by atoms with van der Waals surface area (Å²) in [7, 11) is 2.16. The molecule has 1 saturated heterocycles.